The predicted octanol–water partition coefficient (Wildman–Crippen LogP) is 3.06. The van der Waals surface area contributed by atoms with Gasteiger partial charge in [-0.25, -0.2) is 0 Å². The van der Waals surface area contributed by atoms with Gasteiger partial charge in [0.1, 0.15) is 0 Å². The third-order valence-electron chi connectivity index (χ3n) is 3.49. The first-order chi connectivity index (χ1) is 8.62. The maximum atomic E-state index is 12.1. The lowest BCUT2D eigenvalue weighted by molar-refractivity contribution is 0.627. The van der Waals surface area contributed by atoms with E-state index in [4.69, 9.17) is 0 Å². The van der Waals surface area contributed by atoms with Crippen LogP contribution in [0.4, 0.5) is 0 Å². The summed E-state index contributed by atoms with van der Waals surface area (Å²) in [5, 5.41) is 3.55. The number of hydrogen-bond donors (Lipinski definition) is 1. The smallest absolute Gasteiger partial charge is 0.0434 e. The molecule has 0 saturated heterocycles. The van der Waals surface area contributed by atoms with E-state index in [0.29, 0.717) is 5.75 Å². The van der Waals surface area contributed by atoms with Crippen LogP contribution in [0, 0.1) is 0 Å². The molecule has 0 aliphatic heterocycles. The Labute approximate surface area is 114 Å². The van der Waals surface area contributed by atoms with Crippen LogP contribution >= 0.6 is 0 Å². The minimum atomic E-state index is -0.765. The first-order valence-corrected chi connectivity index (χ1v) is 8.13. The van der Waals surface area contributed by atoms with E-state index in [2.05, 4.69) is 50.4 Å². The minimum Gasteiger partial charge on any atom is -0.312 e. The van der Waals surface area contributed by atoms with Crippen LogP contribution in [0.2, 0.25) is 0 Å². The Hall–Kier alpha value is -0.670. The summed E-state index contributed by atoms with van der Waals surface area (Å²) in [5.41, 5.74) is 2.57. The Morgan fingerprint density at radius 2 is 1.83 bits per heavy atom. The van der Waals surface area contributed by atoms with Crippen molar-refractivity contribution in [2.24, 2.45) is 0 Å². The van der Waals surface area contributed by atoms with E-state index in [1.165, 1.54) is 11.1 Å². The first-order valence-electron chi connectivity index (χ1n) is 6.75. The van der Waals surface area contributed by atoms with Crippen molar-refractivity contribution >= 4 is 10.8 Å². The fourth-order valence-electron chi connectivity index (χ4n) is 1.85. The lowest BCUT2D eigenvalue weighted by atomic mass is 10.1. The molecule has 18 heavy (non-hydrogen) atoms. The van der Waals surface area contributed by atoms with Crippen LogP contribution in [0.25, 0.3) is 0 Å². The normalized spacial score (nSPS) is 16.2. The number of hydrogen-bond acceptors (Lipinski definition) is 2. The molecule has 1 N–H and O–H groups in total. The summed E-state index contributed by atoms with van der Waals surface area (Å²) in [5.74, 6) is 0.691. The Morgan fingerprint density at radius 3 is 2.28 bits per heavy atom. The van der Waals surface area contributed by atoms with Gasteiger partial charge in [0.25, 0.3) is 0 Å². The van der Waals surface area contributed by atoms with Gasteiger partial charge in [0.15, 0.2) is 0 Å². The zero-order chi connectivity index (χ0) is 13.5. The van der Waals surface area contributed by atoms with Gasteiger partial charge in [-0.2, -0.15) is 0 Å². The molecule has 3 unspecified atom stereocenters. The average molecular weight is 267 g/mol. The zero-order valence-corrected chi connectivity index (χ0v) is 12.7. The lowest BCUT2D eigenvalue weighted by Crippen LogP contribution is -2.26. The van der Waals surface area contributed by atoms with Crippen LogP contribution < -0.4 is 5.32 Å². The molecule has 3 atom stereocenters. The van der Waals surface area contributed by atoms with Gasteiger partial charge in [-0.15, -0.1) is 0 Å². The van der Waals surface area contributed by atoms with E-state index in [1.807, 2.05) is 7.05 Å². The minimum absolute atomic E-state index is 0.186. The molecule has 0 aliphatic carbocycles. The average Bonchev–Trinajstić information content (AvgIpc) is 2.43. The molecule has 0 saturated carbocycles. The van der Waals surface area contributed by atoms with Gasteiger partial charge in [0.2, 0.25) is 0 Å². The fraction of sp³-hybridized carbons (Fsp3) is 0.600. The van der Waals surface area contributed by atoms with E-state index in [1.54, 1.807) is 0 Å². The largest absolute Gasteiger partial charge is 0.312 e. The number of rotatable bonds is 7. The van der Waals surface area contributed by atoms with Crippen molar-refractivity contribution in [3.8, 4) is 0 Å². The molecular weight excluding hydrogens is 242 g/mol. The van der Waals surface area contributed by atoms with Gasteiger partial charge in [-0.1, -0.05) is 45.0 Å². The second-order valence-corrected chi connectivity index (χ2v) is 6.60. The van der Waals surface area contributed by atoms with Gasteiger partial charge < -0.3 is 5.32 Å². The molecule has 0 amide bonds. The molecule has 0 heterocycles. The fourth-order valence-corrected chi connectivity index (χ4v) is 3.23. The topological polar surface area (TPSA) is 29.1 Å². The summed E-state index contributed by atoms with van der Waals surface area (Å²) < 4.78 is 12.1. The van der Waals surface area contributed by atoms with Crippen molar-refractivity contribution in [3.63, 3.8) is 0 Å². The highest BCUT2D eigenvalue weighted by Crippen LogP contribution is 2.17. The van der Waals surface area contributed by atoms with E-state index in [9.17, 15) is 4.21 Å². The van der Waals surface area contributed by atoms with Crippen molar-refractivity contribution in [2.45, 2.75) is 44.9 Å². The number of nitrogens with one attached hydrogen (secondary N) is 1. The Bertz CT molecular complexity index is 375. The standard InChI is InChI=1S/C15H25NOS/c1-5-12(3)18(17)11-15(16-4)14-9-7-13(6-2)8-10-14/h7-10,12,15-16H,5-6,11H2,1-4H3. The van der Waals surface area contributed by atoms with E-state index in [0.717, 1.165) is 12.8 Å². The van der Waals surface area contributed by atoms with Crippen molar-refractivity contribution in [3.05, 3.63) is 35.4 Å². The monoisotopic (exact) mass is 267 g/mol. The Balaban J connectivity index is 2.73. The SMILES string of the molecule is CCc1ccc(C(CS(=O)C(C)CC)NC)cc1. The van der Waals surface area contributed by atoms with Crippen LogP contribution in [0.1, 0.15) is 44.4 Å². The quantitative estimate of drug-likeness (QED) is 0.822. The highest BCUT2D eigenvalue weighted by Gasteiger charge is 2.16. The summed E-state index contributed by atoms with van der Waals surface area (Å²) in [4.78, 5) is 0. The molecule has 0 fully saturated rings. The van der Waals surface area contributed by atoms with Gasteiger partial charge >= 0.3 is 0 Å². The van der Waals surface area contributed by atoms with Gasteiger partial charge in [-0.3, -0.25) is 4.21 Å². The van der Waals surface area contributed by atoms with Crippen LogP contribution in [0.15, 0.2) is 24.3 Å². The van der Waals surface area contributed by atoms with Gasteiger partial charge in [-0.05, 0) is 31.0 Å². The van der Waals surface area contributed by atoms with Crippen LogP contribution in [-0.2, 0) is 17.2 Å². The highest BCUT2D eigenvalue weighted by molar-refractivity contribution is 7.85. The molecule has 1 rings (SSSR count). The second-order valence-electron chi connectivity index (χ2n) is 4.70. The maximum absolute atomic E-state index is 12.1. The third kappa shape index (κ3) is 4.21. The predicted molar refractivity (Wildman–Crippen MR) is 80.4 cm³/mol. The lowest BCUT2D eigenvalue weighted by Gasteiger charge is -2.18. The summed E-state index contributed by atoms with van der Waals surface area (Å²) >= 11 is 0. The summed E-state index contributed by atoms with van der Waals surface area (Å²) in [6, 6.07) is 8.80. The Morgan fingerprint density at radius 1 is 1.22 bits per heavy atom. The summed E-state index contributed by atoms with van der Waals surface area (Å²) in [6.45, 7) is 6.30. The molecule has 0 spiro atoms. The summed E-state index contributed by atoms with van der Waals surface area (Å²) in [6.07, 6.45) is 2.03. The zero-order valence-electron chi connectivity index (χ0n) is 11.9. The van der Waals surface area contributed by atoms with Crippen LogP contribution in [-0.4, -0.2) is 22.3 Å². The first kappa shape index (κ1) is 15.4. The summed E-state index contributed by atoms with van der Waals surface area (Å²) in [7, 11) is 1.17. The van der Waals surface area contributed by atoms with Crippen molar-refractivity contribution in [2.75, 3.05) is 12.8 Å². The van der Waals surface area contributed by atoms with Crippen molar-refractivity contribution < 1.29 is 4.21 Å². The third-order valence-corrected chi connectivity index (χ3v) is 5.39. The number of aryl methyl sites for hydroxylation is 1. The van der Waals surface area contributed by atoms with Crippen molar-refractivity contribution in [1.29, 1.82) is 0 Å². The molecule has 102 valence electrons. The molecule has 1 aromatic rings. The van der Waals surface area contributed by atoms with Crippen molar-refractivity contribution in [1.82, 2.24) is 5.32 Å². The molecule has 1 aromatic carbocycles. The molecule has 3 heteroatoms. The molecule has 0 aliphatic rings. The Kier molecular flexibility index (Phi) is 6.58. The highest BCUT2D eigenvalue weighted by atomic mass is 32.2. The van der Waals surface area contributed by atoms with E-state index >= 15 is 0 Å². The molecular formula is C15H25NOS. The molecule has 0 aromatic heterocycles. The molecule has 2 nitrogen and oxygen atoms in total. The van der Waals surface area contributed by atoms with Gasteiger partial charge in [0, 0.05) is 27.8 Å². The van der Waals surface area contributed by atoms with Crippen LogP contribution in [0.3, 0.4) is 0 Å². The van der Waals surface area contributed by atoms with Gasteiger partial charge in [0.05, 0.1) is 0 Å². The second kappa shape index (κ2) is 7.70. The molecule has 0 radical (unpaired) electrons. The maximum Gasteiger partial charge on any atom is 0.0434 e. The van der Waals surface area contributed by atoms with E-state index < -0.39 is 10.8 Å². The van der Waals surface area contributed by atoms with E-state index in [-0.39, 0.29) is 11.3 Å². The van der Waals surface area contributed by atoms with Crippen LogP contribution in [0.5, 0.6) is 0 Å². The number of benzene rings is 1. The molecule has 0 bridgehead atoms.